The van der Waals surface area contributed by atoms with Crippen LogP contribution in [0.3, 0.4) is 0 Å². The lowest BCUT2D eigenvalue weighted by Gasteiger charge is -2.38. The molecule has 0 aromatic rings. The fourth-order valence-electron chi connectivity index (χ4n) is 4.66. The Morgan fingerprint density at radius 2 is 2.17 bits per heavy atom. The van der Waals surface area contributed by atoms with E-state index >= 15 is 0 Å². The van der Waals surface area contributed by atoms with Gasteiger partial charge in [0.1, 0.15) is 0 Å². The highest BCUT2D eigenvalue weighted by Crippen LogP contribution is 2.65. The van der Waals surface area contributed by atoms with E-state index in [1.54, 1.807) is 0 Å². The first kappa shape index (κ1) is 7.37. The van der Waals surface area contributed by atoms with Gasteiger partial charge in [-0.05, 0) is 61.8 Å². The molecule has 0 aromatic heterocycles. The first-order valence-electron chi connectivity index (χ1n) is 5.57. The molecule has 0 aliphatic heterocycles. The lowest BCUT2D eigenvalue weighted by Crippen LogP contribution is -2.39. The molecule has 0 saturated heterocycles. The molecule has 0 amide bonds. The molecule has 3 saturated carbocycles. The van der Waals surface area contributed by atoms with Crippen LogP contribution in [0.1, 0.15) is 38.5 Å². The van der Waals surface area contributed by atoms with Crippen molar-refractivity contribution in [1.29, 1.82) is 0 Å². The molecule has 0 aromatic carbocycles. The molecule has 0 heterocycles. The maximum Gasteiger partial charge on any atom is -0.00151 e. The second-order valence-corrected chi connectivity index (χ2v) is 5.21. The lowest BCUT2D eigenvalue weighted by atomic mass is 9.68. The Labute approximate surface area is 74.7 Å². The molecule has 3 fully saturated rings. The van der Waals surface area contributed by atoms with Crippen LogP contribution in [0.25, 0.3) is 0 Å². The van der Waals surface area contributed by atoms with E-state index in [4.69, 9.17) is 5.73 Å². The van der Waals surface area contributed by atoms with Crippen LogP contribution in [-0.4, -0.2) is 6.54 Å². The minimum atomic E-state index is 0.642. The van der Waals surface area contributed by atoms with Gasteiger partial charge in [0.25, 0.3) is 0 Å². The van der Waals surface area contributed by atoms with E-state index in [-0.39, 0.29) is 0 Å². The highest BCUT2D eigenvalue weighted by molar-refractivity contribution is 5.09. The van der Waals surface area contributed by atoms with E-state index in [2.05, 4.69) is 0 Å². The van der Waals surface area contributed by atoms with Gasteiger partial charge in [-0.2, -0.15) is 0 Å². The molecule has 1 heteroatoms. The van der Waals surface area contributed by atoms with E-state index in [0.717, 1.165) is 24.3 Å². The Morgan fingerprint density at radius 3 is 2.92 bits per heavy atom. The summed E-state index contributed by atoms with van der Waals surface area (Å²) in [4.78, 5) is 0. The van der Waals surface area contributed by atoms with Crippen molar-refractivity contribution in [2.45, 2.75) is 38.5 Å². The largest absolute Gasteiger partial charge is 0.330 e. The summed E-state index contributed by atoms with van der Waals surface area (Å²) in [5.41, 5.74) is 6.64. The summed E-state index contributed by atoms with van der Waals surface area (Å²) in [6, 6.07) is 0. The summed E-state index contributed by atoms with van der Waals surface area (Å²) in [6.45, 7) is 0.985. The molecule has 0 unspecified atom stereocenters. The van der Waals surface area contributed by atoms with Crippen LogP contribution >= 0.6 is 0 Å². The number of rotatable bonds is 1. The number of nitrogens with two attached hydrogens (primary N) is 1. The Bertz CT molecular complexity index is 201. The van der Waals surface area contributed by atoms with Gasteiger partial charge in [0.05, 0.1) is 0 Å². The van der Waals surface area contributed by atoms with E-state index in [0.29, 0.717) is 5.41 Å². The zero-order chi connectivity index (χ0) is 8.18. The summed E-state index contributed by atoms with van der Waals surface area (Å²) in [6.07, 6.45) is 8.97. The van der Waals surface area contributed by atoms with Gasteiger partial charge in [-0.1, -0.05) is 6.42 Å². The molecule has 0 radical (unpaired) electrons. The molecular formula is C11H19N. The Hall–Kier alpha value is -0.0400. The first-order valence-corrected chi connectivity index (χ1v) is 5.57. The van der Waals surface area contributed by atoms with Crippen molar-refractivity contribution >= 4 is 0 Å². The van der Waals surface area contributed by atoms with Crippen LogP contribution in [-0.2, 0) is 0 Å². The van der Waals surface area contributed by atoms with Gasteiger partial charge in [0, 0.05) is 0 Å². The van der Waals surface area contributed by atoms with Gasteiger partial charge in [-0.25, -0.2) is 0 Å². The fraction of sp³-hybridized carbons (Fsp3) is 1.00. The fourth-order valence-corrected chi connectivity index (χ4v) is 4.66. The Kier molecular flexibility index (Phi) is 1.39. The highest BCUT2D eigenvalue weighted by atomic mass is 14.7. The summed E-state index contributed by atoms with van der Waals surface area (Å²) in [5.74, 6) is 3.15. The van der Waals surface area contributed by atoms with Crippen LogP contribution in [0.4, 0.5) is 0 Å². The molecule has 12 heavy (non-hydrogen) atoms. The molecule has 1 nitrogen and oxygen atoms in total. The molecular weight excluding hydrogens is 146 g/mol. The SMILES string of the molecule is NC[C@@]12CCC[C@H]1[C@@H]1CC[C@H]2C1. The molecule has 3 aliphatic rings. The molecule has 4 atom stereocenters. The van der Waals surface area contributed by atoms with Crippen molar-refractivity contribution in [1.82, 2.24) is 0 Å². The van der Waals surface area contributed by atoms with Crippen molar-refractivity contribution < 1.29 is 0 Å². The van der Waals surface area contributed by atoms with Gasteiger partial charge >= 0.3 is 0 Å². The van der Waals surface area contributed by atoms with Crippen LogP contribution in [0.5, 0.6) is 0 Å². The quantitative estimate of drug-likeness (QED) is 0.633. The minimum Gasteiger partial charge on any atom is -0.330 e. The molecule has 3 rings (SSSR count). The predicted octanol–water partition coefficient (Wildman–Crippen LogP) is 2.16. The second-order valence-electron chi connectivity index (χ2n) is 5.21. The smallest absolute Gasteiger partial charge is 0.00151 e. The highest BCUT2D eigenvalue weighted by Gasteiger charge is 2.58. The summed E-state index contributed by atoms with van der Waals surface area (Å²) in [5, 5.41) is 0. The summed E-state index contributed by atoms with van der Waals surface area (Å²) >= 11 is 0. The van der Waals surface area contributed by atoms with Crippen molar-refractivity contribution in [3.63, 3.8) is 0 Å². The third kappa shape index (κ3) is 0.654. The lowest BCUT2D eigenvalue weighted by molar-refractivity contribution is 0.121. The number of fused-ring (bicyclic) bond motifs is 5. The maximum atomic E-state index is 6.00. The zero-order valence-corrected chi connectivity index (χ0v) is 7.76. The average Bonchev–Trinajstić information content (AvgIpc) is 2.76. The topological polar surface area (TPSA) is 26.0 Å². The van der Waals surface area contributed by atoms with Gasteiger partial charge in [-0.3, -0.25) is 0 Å². The number of hydrogen-bond donors (Lipinski definition) is 1. The van der Waals surface area contributed by atoms with Crippen molar-refractivity contribution in [2.75, 3.05) is 6.54 Å². The van der Waals surface area contributed by atoms with Crippen molar-refractivity contribution in [2.24, 2.45) is 28.9 Å². The van der Waals surface area contributed by atoms with E-state index in [1.807, 2.05) is 0 Å². The van der Waals surface area contributed by atoms with Crippen LogP contribution in [0, 0.1) is 23.2 Å². The maximum absolute atomic E-state index is 6.00. The normalized spacial score (nSPS) is 56.2. The van der Waals surface area contributed by atoms with Crippen LogP contribution in [0.2, 0.25) is 0 Å². The zero-order valence-electron chi connectivity index (χ0n) is 7.76. The monoisotopic (exact) mass is 165 g/mol. The predicted molar refractivity (Wildman–Crippen MR) is 49.7 cm³/mol. The first-order chi connectivity index (χ1) is 5.87. The summed E-state index contributed by atoms with van der Waals surface area (Å²) in [7, 11) is 0. The van der Waals surface area contributed by atoms with E-state index in [1.165, 1.54) is 38.5 Å². The Morgan fingerprint density at radius 1 is 1.25 bits per heavy atom. The second kappa shape index (κ2) is 2.25. The van der Waals surface area contributed by atoms with Crippen molar-refractivity contribution in [3.8, 4) is 0 Å². The van der Waals surface area contributed by atoms with Gasteiger partial charge in [0.15, 0.2) is 0 Å². The third-order valence-corrected chi connectivity index (χ3v) is 5.13. The van der Waals surface area contributed by atoms with E-state index < -0.39 is 0 Å². The van der Waals surface area contributed by atoms with Gasteiger partial charge < -0.3 is 5.73 Å². The van der Waals surface area contributed by atoms with Crippen LogP contribution in [0.15, 0.2) is 0 Å². The molecule has 2 bridgehead atoms. The standard InChI is InChI=1S/C11H19N/c12-7-11-5-1-2-10(11)8-3-4-9(11)6-8/h8-10H,1-7,12H2/t8-,9+,10+,11-/m1/s1. The van der Waals surface area contributed by atoms with Gasteiger partial charge in [0.2, 0.25) is 0 Å². The third-order valence-electron chi connectivity index (χ3n) is 5.13. The molecule has 2 N–H and O–H groups in total. The Balaban J connectivity index is 1.98. The molecule has 0 spiro atoms. The number of hydrogen-bond acceptors (Lipinski definition) is 1. The minimum absolute atomic E-state index is 0.642. The van der Waals surface area contributed by atoms with E-state index in [9.17, 15) is 0 Å². The molecule has 68 valence electrons. The summed E-state index contributed by atoms with van der Waals surface area (Å²) < 4.78 is 0. The van der Waals surface area contributed by atoms with Gasteiger partial charge in [-0.15, -0.1) is 0 Å². The van der Waals surface area contributed by atoms with Crippen LogP contribution < -0.4 is 5.73 Å². The average molecular weight is 165 g/mol. The molecule has 3 aliphatic carbocycles. The van der Waals surface area contributed by atoms with Crippen molar-refractivity contribution in [3.05, 3.63) is 0 Å².